The van der Waals surface area contributed by atoms with Crippen molar-refractivity contribution in [1.29, 1.82) is 0 Å². The predicted octanol–water partition coefficient (Wildman–Crippen LogP) is 5.74. The van der Waals surface area contributed by atoms with Crippen LogP contribution in [0.15, 0.2) is 84.5 Å². The third kappa shape index (κ3) is 10.1. The Morgan fingerprint density at radius 3 is 1.72 bits per heavy atom. The van der Waals surface area contributed by atoms with Crippen molar-refractivity contribution in [3.63, 3.8) is 0 Å². The van der Waals surface area contributed by atoms with E-state index >= 15 is 0 Å². The maximum Gasteiger partial charge on any atom is 1.00 e. The number of benzene rings is 2. The van der Waals surface area contributed by atoms with E-state index in [9.17, 15) is 12.9 Å². The van der Waals surface area contributed by atoms with Crippen LogP contribution >= 0.6 is 39.1 Å². The van der Waals surface area contributed by atoms with Crippen LogP contribution in [0.3, 0.4) is 0 Å². The van der Waals surface area contributed by atoms with Crippen LogP contribution in [0.2, 0.25) is 10.3 Å². The first kappa shape index (κ1) is 29.3. The molecule has 4 rings (SSSR count). The molecule has 32 heavy (non-hydrogen) atoms. The van der Waals surface area contributed by atoms with Crippen molar-refractivity contribution >= 4 is 73.7 Å². The minimum absolute atomic E-state index is 0. The summed E-state index contributed by atoms with van der Waals surface area (Å²) in [6, 6.07) is 15.8. The molecule has 0 atom stereocenters. The largest absolute Gasteiger partial charge is 1.00 e. The first-order valence-corrected chi connectivity index (χ1v) is 10.4. The number of nitrogens with zero attached hydrogens (tertiary/aromatic N) is 2. The SMILES string of the molecule is C=C[B-](F)(F)F.C=Cc1ccc2cnc(Cl)cc2c1.Clc1cc2cc(Br)ccc2cn1.[K+]. The second-order valence-electron chi connectivity index (χ2n) is 6.18. The Labute approximate surface area is 245 Å². The van der Waals surface area contributed by atoms with Gasteiger partial charge in [-0.15, -0.1) is 6.58 Å². The van der Waals surface area contributed by atoms with Gasteiger partial charge in [-0.25, -0.2) is 9.97 Å². The molecule has 0 spiro atoms. The van der Waals surface area contributed by atoms with E-state index in [1.54, 1.807) is 12.4 Å². The smallest absolute Gasteiger partial charge is 0.445 e. The molecule has 0 saturated carbocycles. The molecule has 0 amide bonds. The molecule has 0 aliphatic carbocycles. The molecule has 0 bridgehead atoms. The fourth-order valence-corrected chi connectivity index (χ4v) is 3.06. The quantitative estimate of drug-likeness (QED) is 0.229. The number of halogens is 6. The van der Waals surface area contributed by atoms with Gasteiger partial charge in [0.1, 0.15) is 10.3 Å². The molecule has 0 radical (unpaired) electrons. The normalized spacial score (nSPS) is 10.2. The van der Waals surface area contributed by atoms with Crippen molar-refractivity contribution in [3.05, 3.63) is 100 Å². The van der Waals surface area contributed by atoms with Crippen LogP contribution in [0, 0.1) is 0 Å². The molecule has 0 saturated heterocycles. The molecule has 4 aromatic rings. The topological polar surface area (TPSA) is 25.8 Å². The molecule has 0 fully saturated rings. The summed E-state index contributed by atoms with van der Waals surface area (Å²) in [5.74, 6) is 0. The average molecular weight is 566 g/mol. The number of rotatable bonds is 2. The van der Waals surface area contributed by atoms with Crippen molar-refractivity contribution in [2.45, 2.75) is 0 Å². The van der Waals surface area contributed by atoms with Gasteiger partial charge in [0.2, 0.25) is 0 Å². The Morgan fingerprint density at radius 2 is 1.25 bits per heavy atom. The van der Waals surface area contributed by atoms with E-state index in [1.165, 1.54) is 0 Å². The molecule has 2 aromatic heterocycles. The number of pyridine rings is 2. The van der Waals surface area contributed by atoms with Gasteiger partial charge in [-0.2, -0.15) is 5.98 Å². The molecule has 0 N–H and O–H groups in total. The zero-order valence-corrected chi connectivity index (χ0v) is 23.3. The summed E-state index contributed by atoms with van der Waals surface area (Å²) in [5, 5.41) is 5.44. The van der Waals surface area contributed by atoms with Gasteiger partial charge in [0.15, 0.2) is 0 Å². The van der Waals surface area contributed by atoms with Gasteiger partial charge >= 0.3 is 58.4 Å². The Balaban J connectivity index is 0.000000253. The van der Waals surface area contributed by atoms with Gasteiger partial charge in [-0.05, 0) is 46.7 Å². The number of fused-ring (bicyclic) bond motifs is 2. The van der Waals surface area contributed by atoms with Crippen molar-refractivity contribution in [2.75, 3.05) is 0 Å². The third-order valence-electron chi connectivity index (χ3n) is 3.87. The summed E-state index contributed by atoms with van der Waals surface area (Å²) in [4.78, 5) is 7.99. The van der Waals surface area contributed by atoms with E-state index in [0.29, 0.717) is 10.3 Å². The number of hydrogen-bond donors (Lipinski definition) is 0. The summed E-state index contributed by atoms with van der Waals surface area (Å²) < 4.78 is 33.2. The minimum Gasteiger partial charge on any atom is -0.445 e. The molecular formula is C22H16BBrCl2F3KN2. The molecular weight excluding hydrogens is 550 g/mol. The molecule has 0 unspecified atom stereocenters. The molecule has 160 valence electrons. The molecule has 2 heterocycles. The van der Waals surface area contributed by atoms with Gasteiger partial charge in [-0.3, -0.25) is 0 Å². The van der Waals surface area contributed by atoms with E-state index in [0.717, 1.165) is 31.6 Å². The second kappa shape index (κ2) is 13.9. The molecule has 0 aliphatic rings. The van der Waals surface area contributed by atoms with Crippen LogP contribution in [0.1, 0.15) is 5.56 Å². The van der Waals surface area contributed by atoms with Crippen LogP contribution in [-0.4, -0.2) is 16.9 Å². The van der Waals surface area contributed by atoms with Crippen LogP contribution in [-0.2, 0) is 0 Å². The number of hydrogen-bond acceptors (Lipinski definition) is 2. The standard InChI is InChI=1S/C11H8ClN.C9H5BrClN.C2H3BF3.K/c1-2-8-3-4-9-7-13-11(12)6-10(9)5-8;10-8-2-1-6-5-12-9(11)4-7(6)3-8;1-2-3(4,5)6;/h2-7H,1H2;1-5H;2H,1H2;/q;;-1;+1. The van der Waals surface area contributed by atoms with Crippen molar-refractivity contribution in [2.24, 2.45) is 0 Å². The Bertz CT molecular complexity index is 1190. The fourth-order valence-electron chi connectivity index (χ4n) is 2.34. The molecule has 2 aromatic carbocycles. The third-order valence-corrected chi connectivity index (χ3v) is 4.77. The monoisotopic (exact) mass is 564 g/mol. The molecule has 10 heteroatoms. The van der Waals surface area contributed by atoms with Gasteiger partial charge in [0, 0.05) is 27.6 Å². The predicted molar refractivity (Wildman–Crippen MR) is 131 cm³/mol. The summed E-state index contributed by atoms with van der Waals surface area (Å²) in [7, 11) is 0. The summed E-state index contributed by atoms with van der Waals surface area (Å²) in [6.07, 6.45) is 5.35. The van der Waals surface area contributed by atoms with E-state index in [-0.39, 0.29) is 57.4 Å². The summed E-state index contributed by atoms with van der Waals surface area (Å²) >= 11 is 14.9. The average Bonchev–Trinajstić information content (AvgIpc) is 2.73. The first-order chi connectivity index (χ1) is 14.6. The van der Waals surface area contributed by atoms with Crippen LogP contribution in [0.25, 0.3) is 27.6 Å². The van der Waals surface area contributed by atoms with Gasteiger partial charge in [-0.1, -0.05) is 70.0 Å². The fraction of sp³-hybridized carbons (Fsp3) is 0. The first-order valence-electron chi connectivity index (χ1n) is 8.83. The molecule has 2 nitrogen and oxygen atoms in total. The van der Waals surface area contributed by atoms with Crippen LogP contribution < -0.4 is 51.4 Å². The molecule has 0 aliphatic heterocycles. The minimum atomic E-state index is -4.72. The van der Waals surface area contributed by atoms with Gasteiger partial charge in [0.25, 0.3) is 0 Å². The maximum absolute atomic E-state index is 10.7. The zero-order chi connectivity index (χ0) is 23.0. The van der Waals surface area contributed by atoms with E-state index in [4.69, 9.17) is 23.2 Å². The van der Waals surface area contributed by atoms with Gasteiger partial charge < -0.3 is 12.9 Å². The van der Waals surface area contributed by atoms with E-state index in [1.807, 2.05) is 54.6 Å². The number of aromatic nitrogens is 2. The van der Waals surface area contributed by atoms with E-state index < -0.39 is 6.98 Å². The van der Waals surface area contributed by atoms with Crippen molar-refractivity contribution < 1.29 is 64.3 Å². The summed E-state index contributed by atoms with van der Waals surface area (Å²) in [5.41, 5.74) is 1.09. The maximum atomic E-state index is 10.7. The van der Waals surface area contributed by atoms with Crippen molar-refractivity contribution in [3.8, 4) is 0 Å². The Hall–Kier alpha value is -0.709. The second-order valence-corrected chi connectivity index (χ2v) is 7.87. The van der Waals surface area contributed by atoms with E-state index in [2.05, 4.69) is 39.1 Å². The van der Waals surface area contributed by atoms with Crippen LogP contribution in [0.4, 0.5) is 12.9 Å². The summed E-state index contributed by atoms with van der Waals surface area (Å²) in [6.45, 7) is 1.52. The van der Waals surface area contributed by atoms with Gasteiger partial charge in [0.05, 0.1) is 0 Å². The van der Waals surface area contributed by atoms with Crippen molar-refractivity contribution in [1.82, 2.24) is 9.97 Å². The Kier molecular flexibility index (Phi) is 12.7. The Morgan fingerprint density at radius 1 is 0.781 bits per heavy atom. The van der Waals surface area contributed by atoms with Crippen LogP contribution in [0.5, 0.6) is 0 Å². The zero-order valence-electron chi connectivity index (χ0n) is 17.1.